The lowest BCUT2D eigenvalue weighted by Gasteiger charge is -2.32. The smallest absolute Gasteiger partial charge is 0.471 e. The number of pyridine rings is 1. The molecule has 4 aromatic rings. The maximum absolute atomic E-state index is 13.6. The number of rotatable bonds is 6. The van der Waals surface area contributed by atoms with Crippen LogP contribution < -0.4 is 15.0 Å². The molecule has 3 heterocycles. The highest BCUT2D eigenvalue weighted by atomic mass is 32.1. The zero-order valence-corrected chi connectivity index (χ0v) is 20.5. The quantitative estimate of drug-likeness (QED) is 0.318. The number of carbonyl (C=O) groups excluding carboxylic acids is 1. The van der Waals surface area contributed by atoms with Crippen LogP contribution in [-0.2, 0) is 11.4 Å². The summed E-state index contributed by atoms with van der Waals surface area (Å²) < 4.78 is 47.0. The Labute approximate surface area is 214 Å². The van der Waals surface area contributed by atoms with Crippen molar-refractivity contribution in [1.82, 2.24) is 25.5 Å². The molecule has 37 heavy (non-hydrogen) atoms. The van der Waals surface area contributed by atoms with E-state index in [0.29, 0.717) is 18.1 Å². The van der Waals surface area contributed by atoms with E-state index in [4.69, 9.17) is 17.0 Å². The highest BCUT2D eigenvalue weighted by Gasteiger charge is 2.48. The van der Waals surface area contributed by atoms with Crippen molar-refractivity contribution in [3.63, 3.8) is 0 Å². The van der Waals surface area contributed by atoms with Crippen LogP contribution in [0.3, 0.4) is 0 Å². The molecule has 2 aromatic heterocycles. The van der Waals surface area contributed by atoms with Gasteiger partial charge in [0.15, 0.2) is 0 Å². The number of H-pyrrole nitrogens is 2. The van der Waals surface area contributed by atoms with E-state index in [1.807, 2.05) is 37.3 Å². The molecule has 8 nitrogen and oxygen atoms in total. The van der Waals surface area contributed by atoms with Crippen molar-refractivity contribution in [3.05, 3.63) is 76.5 Å². The van der Waals surface area contributed by atoms with Crippen molar-refractivity contribution in [2.75, 3.05) is 18.0 Å². The third-order valence-corrected chi connectivity index (χ3v) is 6.48. The minimum Gasteiger partial charge on any atom is -0.489 e. The first-order valence-electron chi connectivity index (χ1n) is 11.5. The summed E-state index contributed by atoms with van der Waals surface area (Å²) in [6.45, 7) is 2.65. The van der Waals surface area contributed by atoms with Gasteiger partial charge in [-0.05, 0) is 55.5 Å². The number of amides is 1. The number of nitrogens with zero attached hydrogens (tertiary/aromatic N) is 3. The topological polar surface area (TPSA) is 98.9 Å². The molecule has 1 aliphatic rings. The second-order valence-corrected chi connectivity index (χ2v) is 9.17. The summed E-state index contributed by atoms with van der Waals surface area (Å²) in [6.07, 6.45) is -5.05. The molecule has 0 spiro atoms. The predicted octanol–water partition coefficient (Wildman–Crippen LogP) is 4.55. The van der Waals surface area contributed by atoms with Gasteiger partial charge in [-0.3, -0.25) is 24.9 Å². The Bertz CT molecular complexity index is 1480. The molecule has 2 aromatic carbocycles. The highest BCUT2D eigenvalue weighted by Crippen LogP contribution is 2.33. The Morgan fingerprint density at radius 1 is 1.11 bits per heavy atom. The van der Waals surface area contributed by atoms with Crippen LogP contribution in [0, 0.1) is 11.7 Å². The van der Waals surface area contributed by atoms with E-state index in [1.54, 1.807) is 12.1 Å². The Morgan fingerprint density at radius 3 is 2.57 bits per heavy atom. The molecule has 0 radical (unpaired) electrons. The van der Waals surface area contributed by atoms with Gasteiger partial charge in [0.25, 0.3) is 0 Å². The Balaban J connectivity index is 1.40. The summed E-state index contributed by atoms with van der Waals surface area (Å²) in [5.41, 5.74) is 2.76. The Morgan fingerprint density at radius 2 is 1.86 bits per heavy atom. The third kappa shape index (κ3) is 5.20. The van der Waals surface area contributed by atoms with Crippen LogP contribution in [0.5, 0.6) is 5.75 Å². The second kappa shape index (κ2) is 9.94. The van der Waals surface area contributed by atoms with Gasteiger partial charge >= 0.3 is 12.1 Å². The summed E-state index contributed by atoms with van der Waals surface area (Å²) in [5, 5.41) is 9.47. The van der Waals surface area contributed by atoms with Gasteiger partial charge in [0.1, 0.15) is 18.2 Å². The number of aryl methyl sites for hydroxylation is 1. The van der Waals surface area contributed by atoms with Gasteiger partial charge in [-0.1, -0.05) is 18.2 Å². The number of aromatic nitrogens is 4. The van der Waals surface area contributed by atoms with Gasteiger partial charge in [0.05, 0.1) is 17.5 Å². The monoisotopic (exact) mass is 528 g/mol. The molecular weight excluding hydrogens is 505 g/mol. The first-order valence-corrected chi connectivity index (χ1v) is 12.0. The number of alkyl halides is 3. The summed E-state index contributed by atoms with van der Waals surface area (Å²) in [6, 6.07) is 14.9. The van der Waals surface area contributed by atoms with Gasteiger partial charge < -0.3 is 10.1 Å². The minimum absolute atomic E-state index is 0.104. The zero-order chi connectivity index (χ0) is 26.2. The molecular formula is C25H23F3N6O2S. The average Bonchev–Trinajstić information content (AvgIpc) is 3.52. The van der Waals surface area contributed by atoms with Crippen molar-refractivity contribution < 1.29 is 22.7 Å². The molecule has 2 unspecified atom stereocenters. The summed E-state index contributed by atoms with van der Waals surface area (Å²) >= 11 is 4.99. The Hall–Kier alpha value is -3.77. The normalized spacial score (nSPS) is 17.7. The van der Waals surface area contributed by atoms with Gasteiger partial charge in [-0.2, -0.15) is 13.2 Å². The Kier molecular flexibility index (Phi) is 6.69. The molecule has 3 N–H and O–H groups in total. The lowest BCUT2D eigenvalue weighted by Crippen LogP contribution is -2.50. The molecule has 1 aliphatic heterocycles. The fourth-order valence-corrected chi connectivity index (χ4v) is 4.80. The number of aromatic amines is 2. The van der Waals surface area contributed by atoms with Crippen molar-refractivity contribution in [3.8, 4) is 5.75 Å². The van der Waals surface area contributed by atoms with Crippen LogP contribution in [0.4, 0.5) is 18.9 Å². The highest BCUT2D eigenvalue weighted by molar-refractivity contribution is 7.71. The number of benzene rings is 2. The minimum atomic E-state index is -5.05. The standard InChI is InChI=1S/C25H23F3N6O2S/c1-14-10-15(18-4-2-3-5-20(18)30-14)13-36-17-8-6-16(7-9-17)34(23(35)25(26,27)28)21-12-29-11-19(21)22-31-24(37)33-32-22/h2-10,19,21,29H,11-13H2,1H3,(H2,31,32,33,37). The number of para-hydroxylation sites is 1. The number of nitrogens with one attached hydrogen (secondary N) is 3. The number of carbonyl (C=O) groups is 1. The van der Waals surface area contributed by atoms with Crippen LogP contribution in [0.2, 0.25) is 0 Å². The second-order valence-electron chi connectivity index (χ2n) is 8.78. The summed E-state index contributed by atoms with van der Waals surface area (Å²) in [4.78, 5) is 22.0. The average molecular weight is 529 g/mol. The van der Waals surface area contributed by atoms with Crippen LogP contribution in [0.1, 0.15) is 23.0 Å². The first kappa shape index (κ1) is 24.9. The lowest BCUT2D eigenvalue weighted by molar-refractivity contribution is -0.171. The van der Waals surface area contributed by atoms with Crippen molar-refractivity contribution in [2.24, 2.45) is 0 Å². The molecule has 12 heteroatoms. The predicted molar refractivity (Wildman–Crippen MR) is 134 cm³/mol. The first-order chi connectivity index (χ1) is 17.7. The number of fused-ring (bicyclic) bond motifs is 1. The molecule has 0 saturated carbocycles. The molecule has 0 aliphatic carbocycles. The van der Waals surface area contributed by atoms with Crippen LogP contribution >= 0.6 is 12.2 Å². The summed E-state index contributed by atoms with van der Waals surface area (Å²) in [5.74, 6) is -1.62. The molecule has 2 atom stereocenters. The van der Waals surface area contributed by atoms with E-state index < -0.39 is 24.0 Å². The van der Waals surface area contributed by atoms with E-state index >= 15 is 0 Å². The van der Waals surface area contributed by atoms with E-state index in [2.05, 4.69) is 25.5 Å². The van der Waals surface area contributed by atoms with E-state index in [1.165, 1.54) is 12.1 Å². The van der Waals surface area contributed by atoms with E-state index in [0.717, 1.165) is 27.1 Å². The van der Waals surface area contributed by atoms with Crippen LogP contribution in [0.25, 0.3) is 10.9 Å². The number of halogens is 3. The van der Waals surface area contributed by atoms with Gasteiger partial charge in [-0.15, -0.1) is 0 Å². The van der Waals surface area contributed by atoms with Gasteiger partial charge in [0.2, 0.25) is 4.77 Å². The number of hydrogen-bond acceptors (Lipinski definition) is 6. The van der Waals surface area contributed by atoms with Gasteiger partial charge in [0, 0.05) is 35.4 Å². The number of anilines is 1. The number of hydrogen-bond donors (Lipinski definition) is 3. The molecule has 0 bridgehead atoms. The van der Waals surface area contributed by atoms with Crippen molar-refractivity contribution in [1.29, 1.82) is 0 Å². The van der Waals surface area contributed by atoms with Crippen LogP contribution in [0.15, 0.2) is 54.6 Å². The third-order valence-electron chi connectivity index (χ3n) is 6.29. The lowest BCUT2D eigenvalue weighted by atomic mass is 10.00. The van der Waals surface area contributed by atoms with E-state index in [-0.39, 0.29) is 23.6 Å². The van der Waals surface area contributed by atoms with Crippen molar-refractivity contribution >= 4 is 34.7 Å². The van der Waals surface area contributed by atoms with Crippen LogP contribution in [-0.4, -0.2) is 51.4 Å². The molecule has 1 amide bonds. The SMILES string of the molecule is Cc1cc(COc2ccc(N(C(=O)C(F)(F)F)C3CNCC3c3nc(=S)[nH][nH]3)cc2)c2ccccc2n1. The zero-order valence-electron chi connectivity index (χ0n) is 19.7. The van der Waals surface area contributed by atoms with Gasteiger partial charge in [-0.25, -0.2) is 4.98 Å². The molecule has 5 rings (SSSR count). The number of ether oxygens (including phenoxy) is 1. The molecule has 1 fully saturated rings. The largest absolute Gasteiger partial charge is 0.489 e. The van der Waals surface area contributed by atoms with E-state index in [9.17, 15) is 18.0 Å². The maximum atomic E-state index is 13.6. The summed E-state index contributed by atoms with van der Waals surface area (Å²) in [7, 11) is 0. The fraction of sp³-hybridized carbons (Fsp3) is 0.280. The fourth-order valence-electron chi connectivity index (χ4n) is 4.65. The van der Waals surface area contributed by atoms with Crippen molar-refractivity contribution in [2.45, 2.75) is 31.7 Å². The molecule has 192 valence electrons. The maximum Gasteiger partial charge on any atom is 0.471 e. The molecule has 1 saturated heterocycles.